The fraction of sp³-hybridized carbons (Fsp3) is 0.273. The molecular weight excluding hydrogens is 192 g/mol. The van der Waals surface area contributed by atoms with Gasteiger partial charge in [0.2, 0.25) is 0 Å². The van der Waals surface area contributed by atoms with E-state index in [2.05, 4.69) is 9.55 Å². The topological polar surface area (TPSA) is 17.8 Å². The summed E-state index contributed by atoms with van der Waals surface area (Å²) in [6, 6.07) is 8.66. The van der Waals surface area contributed by atoms with Crippen molar-refractivity contribution in [3.05, 3.63) is 35.2 Å². The van der Waals surface area contributed by atoms with Gasteiger partial charge in [-0.05, 0) is 25.0 Å². The van der Waals surface area contributed by atoms with E-state index in [-0.39, 0.29) is 0 Å². The first-order chi connectivity index (χ1) is 6.86. The lowest BCUT2D eigenvalue weighted by atomic mass is 10.2. The van der Waals surface area contributed by atoms with Crippen LogP contribution in [0.5, 0.6) is 0 Å². The average molecular weight is 202 g/mol. The third-order valence-electron chi connectivity index (χ3n) is 2.63. The zero-order valence-corrected chi connectivity index (χ0v) is 8.50. The first kappa shape index (κ1) is 8.12. The molecular formula is C11H10N2S. The smallest absolute Gasteiger partial charge is 0.116 e. The Morgan fingerprint density at radius 2 is 2.07 bits per heavy atom. The van der Waals surface area contributed by atoms with E-state index in [0.717, 1.165) is 15.5 Å². The van der Waals surface area contributed by atoms with E-state index in [1.807, 2.05) is 30.6 Å². The van der Waals surface area contributed by atoms with E-state index in [1.54, 1.807) is 0 Å². The van der Waals surface area contributed by atoms with Gasteiger partial charge in [-0.25, -0.2) is 4.98 Å². The molecule has 0 amide bonds. The highest BCUT2D eigenvalue weighted by atomic mass is 32.1. The van der Waals surface area contributed by atoms with E-state index in [9.17, 15) is 0 Å². The van der Waals surface area contributed by atoms with Crippen molar-refractivity contribution in [2.45, 2.75) is 18.9 Å². The van der Waals surface area contributed by atoms with Crippen LogP contribution < -0.4 is 0 Å². The van der Waals surface area contributed by atoms with Crippen LogP contribution in [0.2, 0.25) is 0 Å². The maximum absolute atomic E-state index is 5.43. The van der Waals surface area contributed by atoms with Crippen molar-refractivity contribution < 1.29 is 0 Å². The Bertz CT molecular complexity index is 540. The van der Waals surface area contributed by atoms with E-state index >= 15 is 0 Å². The predicted octanol–water partition coefficient (Wildman–Crippen LogP) is 3.10. The van der Waals surface area contributed by atoms with Crippen LogP contribution in [-0.4, -0.2) is 9.55 Å². The molecule has 1 heterocycles. The third kappa shape index (κ3) is 1.16. The van der Waals surface area contributed by atoms with Crippen molar-refractivity contribution in [2.24, 2.45) is 0 Å². The molecule has 0 radical (unpaired) electrons. The van der Waals surface area contributed by atoms with E-state index in [0.29, 0.717) is 6.04 Å². The minimum Gasteiger partial charge on any atom is -0.320 e. The lowest BCUT2D eigenvalue weighted by Gasteiger charge is -2.05. The molecule has 2 nitrogen and oxygen atoms in total. The maximum Gasteiger partial charge on any atom is 0.116 e. The number of rotatable bonds is 1. The van der Waals surface area contributed by atoms with Crippen molar-refractivity contribution in [1.82, 2.24) is 9.55 Å². The molecule has 0 N–H and O–H groups in total. The molecule has 3 rings (SSSR count). The van der Waals surface area contributed by atoms with Gasteiger partial charge in [0.25, 0.3) is 0 Å². The highest BCUT2D eigenvalue weighted by molar-refractivity contribution is 7.71. The summed E-state index contributed by atoms with van der Waals surface area (Å²) >= 11 is 5.43. The van der Waals surface area contributed by atoms with Crippen LogP contribution in [0.1, 0.15) is 18.9 Å². The minimum atomic E-state index is 0.611. The summed E-state index contributed by atoms with van der Waals surface area (Å²) in [5.41, 5.74) is 0.995. The quantitative estimate of drug-likeness (QED) is 0.661. The fourth-order valence-corrected chi connectivity index (χ4v) is 2.06. The summed E-state index contributed by atoms with van der Waals surface area (Å²) in [6.45, 7) is 0. The predicted molar refractivity (Wildman–Crippen MR) is 58.8 cm³/mol. The average Bonchev–Trinajstić information content (AvgIpc) is 3.03. The summed E-state index contributed by atoms with van der Waals surface area (Å²) in [5, 5.41) is 1.09. The van der Waals surface area contributed by atoms with Gasteiger partial charge in [-0.15, -0.1) is 0 Å². The Hall–Kier alpha value is -1.22. The lowest BCUT2D eigenvalue weighted by Crippen LogP contribution is -1.98. The van der Waals surface area contributed by atoms with Crippen LogP contribution in [0.15, 0.2) is 30.6 Å². The van der Waals surface area contributed by atoms with Gasteiger partial charge in [0.05, 0.1) is 11.8 Å². The Labute approximate surface area is 87.2 Å². The molecule has 2 aromatic rings. The number of hydrogen-bond acceptors (Lipinski definition) is 2. The van der Waals surface area contributed by atoms with Crippen molar-refractivity contribution in [2.75, 3.05) is 0 Å². The van der Waals surface area contributed by atoms with Crippen LogP contribution in [0.4, 0.5) is 0 Å². The molecule has 70 valence electrons. The normalized spacial score (nSPS) is 16.0. The summed E-state index contributed by atoms with van der Waals surface area (Å²) in [7, 11) is 0. The Morgan fingerprint density at radius 3 is 2.86 bits per heavy atom. The second-order valence-corrected chi connectivity index (χ2v) is 4.09. The highest BCUT2D eigenvalue weighted by Gasteiger charge is 2.23. The Balaban J connectivity index is 2.36. The molecule has 14 heavy (non-hydrogen) atoms. The number of fused-ring (bicyclic) bond motifs is 1. The monoisotopic (exact) mass is 202 g/mol. The number of aromatic nitrogens is 2. The van der Waals surface area contributed by atoms with Gasteiger partial charge < -0.3 is 4.57 Å². The fourth-order valence-electron chi connectivity index (χ4n) is 1.70. The molecule has 0 bridgehead atoms. The first-order valence-corrected chi connectivity index (χ1v) is 5.23. The minimum absolute atomic E-state index is 0.611. The molecule has 1 saturated carbocycles. The van der Waals surface area contributed by atoms with Gasteiger partial charge in [0, 0.05) is 11.4 Å². The number of benzene rings is 1. The van der Waals surface area contributed by atoms with Gasteiger partial charge in [-0.1, -0.05) is 24.4 Å². The number of para-hydroxylation sites is 1. The molecule has 3 heteroatoms. The van der Waals surface area contributed by atoms with Crippen LogP contribution in [0.3, 0.4) is 0 Å². The van der Waals surface area contributed by atoms with Crippen molar-refractivity contribution >= 4 is 23.1 Å². The number of nitrogens with zero attached hydrogens (tertiary/aromatic N) is 2. The lowest BCUT2D eigenvalue weighted by molar-refractivity contribution is 0.714. The van der Waals surface area contributed by atoms with Crippen molar-refractivity contribution in [3.63, 3.8) is 0 Å². The highest BCUT2D eigenvalue weighted by Crippen LogP contribution is 2.35. The standard InChI is InChI=1S/C11H10N2S/c14-11-9-3-1-2-4-10(9)12-7-13(11)8-5-6-8/h1-4,7-8H,5-6H2. The molecule has 0 unspecified atom stereocenters. The van der Waals surface area contributed by atoms with E-state index < -0.39 is 0 Å². The van der Waals surface area contributed by atoms with Crippen LogP contribution in [-0.2, 0) is 0 Å². The van der Waals surface area contributed by atoms with Gasteiger partial charge in [0.1, 0.15) is 4.64 Å². The van der Waals surface area contributed by atoms with Crippen molar-refractivity contribution in [1.29, 1.82) is 0 Å². The largest absolute Gasteiger partial charge is 0.320 e. The molecule has 1 aliphatic carbocycles. The van der Waals surface area contributed by atoms with Gasteiger partial charge in [-0.2, -0.15) is 0 Å². The summed E-state index contributed by atoms with van der Waals surface area (Å²) in [5.74, 6) is 0. The zero-order chi connectivity index (χ0) is 9.54. The third-order valence-corrected chi connectivity index (χ3v) is 3.06. The zero-order valence-electron chi connectivity index (χ0n) is 7.68. The molecule has 0 spiro atoms. The van der Waals surface area contributed by atoms with Crippen LogP contribution >= 0.6 is 12.2 Å². The Kier molecular flexibility index (Phi) is 1.67. The Morgan fingerprint density at radius 1 is 1.29 bits per heavy atom. The molecule has 1 aromatic heterocycles. The molecule has 0 saturated heterocycles. The van der Waals surface area contributed by atoms with Gasteiger partial charge >= 0.3 is 0 Å². The second kappa shape index (κ2) is 2.89. The number of hydrogen-bond donors (Lipinski definition) is 0. The summed E-state index contributed by atoms with van der Waals surface area (Å²) < 4.78 is 3.05. The molecule has 0 atom stereocenters. The van der Waals surface area contributed by atoms with Crippen LogP contribution in [0, 0.1) is 4.64 Å². The first-order valence-electron chi connectivity index (χ1n) is 4.82. The van der Waals surface area contributed by atoms with Gasteiger partial charge in [-0.3, -0.25) is 0 Å². The molecule has 1 aromatic carbocycles. The molecule has 1 aliphatic rings. The summed E-state index contributed by atoms with van der Waals surface area (Å²) in [4.78, 5) is 4.40. The summed E-state index contributed by atoms with van der Waals surface area (Å²) in [6.07, 6.45) is 4.37. The second-order valence-electron chi connectivity index (χ2n) is 3.71. The van der Waals surface area contributed by atoms with E-state index in [4.69, 9.17) is 12.2 Å². The van der Waals surface area contributed by atoms with Gasteiger partial charge in [0.15, 0.2) is 0 Å². The van der Waals surface area contributed by atoms with Crippen LogP contribution in [0.25, 0.3) is 10.9 Å². The van der Waals surface area contributed by atoms with Crippen molar-refractivity contribution in [3.8, 4) is 0 Å². The van der Waals surface area contributed by atoms with E-state index in [1.165, 1.54) is 12.8 Å². The SMILES string of the molecule is S=c1c2ccccc2ncn1C1CC1. The molecule has 0 aliphatic heterocycles. The maximum atomic E-state index is 5.43. The molecule has 1 fully saturated rings.